The Morgan fingerprint density at radius 1 is 1.32 bits per heavy atom. The first kappa shape index (κ1) is 13.1. The Bertz CT molecular complexity index is 582. The molecule has 2 nitrogen and oxygen atoms in total. The van der Waals surface area contributed by atoms with Crippen molar-refractivity contribution in [2.45, 2.75) is 38.8 Å². The molecule has 0 bridgehead atoms. The Morgan fingerprint density at radius 2 is 2.21 bits per heavy atom. The number of halogens is 1. The largest absolute Gasteiger partial charge is 0.310 e. The summed E-state index contributed by atoms with van der Waals surface area (Å²) in [5, 5.41) is 4.88. The van der Waals surface area contributed by atoms with Crippen molar-refractivity contribution in [3.8, 4) is 0 Å². The zero-order chi connectivity index (χ0) is 13.2. The maximum absolute atomic E-state index is 4.53. The van der Waals surface area contributed by atoms with Gasteiger partial charge in [-0.1, -0.05) is 35.0 Å². The van der Waals surface area contributed by atoms with E-state index in [0.29, 0.717) is 6.04 Å². The minimum Gasteiger partial charge on any atom is -0.310 e. The van der Waals surface area contributed by atoms with Gasteiger partial charge >= 0.3 is 0 Å². The van der Waals surface area contributed by atoms with Gasteiger partial charge in [-0.15, -0.1) is 0 Å². The Kier molecular flexibility index (Phi) is 3.85. The molecule has 0 radical (unpaired) electrons. The molecular weight excluding hydrogens is 300 g/mol. The first-order valence-electron chi connectivity index (χ1n) is 6.99. The van der Waals surface area contributed by atoms with Crippen LogP contribution in [-0.4, -0.2) is 11.0 Å². The number of hydrogen-bond acceptors (Lipinski definition) is 2. The van der Waals surface area contributed by atoms with Crippen molar-refractivity contribution in [3.05, 3.63) is 40.5 Å². The van der Waals surface area contributed by atoms with Crippen LogP contribution < -0.4 is 5.32 Å². The van der Waals surface area contributed by atoms with Crippen molar-refractivity contribution < 1.29 is 0 Å². The molecule has 0 aliphatic heterocycles. The van der Waals surface area contributed by atoms with Gasteiger partial charge in [0.1, 0.15) is 0 Å². The van der Waals surface area contributed by atoms with Gasteiger partial charge in [-0.3, -0.25) is 4.98 Å². The standard InChI is InChI=1S/C16H19BrN2/c1-11-4-6-13(9-11)19-10-12-5-7-15(17)14-3-2-8-18-16(12)14/h2-3,5,7-8,11,13,19H,4,6,9-10H2,1H3. The molecule has 1 fully saturated rings. The summed E-state index contributed by atoms with van der Waals surface area (Å²) in [5.74, 6) is 0.872. The molecule has 0 amide bonds. The van der Waals surface area contributed by atoms with Crippen molar-refractivity contribution in [1.82, 2.24) is 10.3 Å². The van der Waals surface area contributed by atoms with Crippen molar-refractivity contribution in [2.75, 3.05) is 0 Å². The molecule has 2 atom stereocenters. The quantitative estimate of drug-likeness (QED) is 0.913. The van der Waals surface area contributed by atoms with Crippen LogP contribution in [0.1, 0.15) is 31.7 Å². The van der Waals surface area contributed by atoms with Crippen molar-refractivity contribution in [1.29, 1.82) is 0 Å². The minimum absolute atomic E-state index is 0.678. The average Bonchev–Trinajstić information content (AvgIpc) is 2.84. The van der Waals surface area contributed by atoms with Gasteiger partial charge in [0.05, 0.1) is 5.52 Å². The van der Waals surface area contributed by atoms with E-state index in [2.05, 4.69) is 51.4 Å². The van der Waals surface area contributed by atoms with E-state index in [1.54, 1.807) is 0 Å². The Morgan fingerprint density at radius 3 is 3.00 bits per heavy atom. The second-order valence-corrected chi connectivity index (χ2v) is 6.46. The van der Waals surface area contributed by atoms with Crippen LogP contribution in [0.5, 0.6) is 0 Å². The van der Waals surface area contributed by atoms with Crippen LogP contribution in [0.15, 0.2) is 34.9 Å². The fraction of sp³-hybridized carbons (Fsp3) is 0.438. The van der Waals surface area contributed by atoms with Crippen LogP contribution in [0.3, 0.4) is 0 Å². The van der Waals surface area contributed by atoms with Gasteiger partial charge in [0.25, 0.3) is 0 Å². The van der Waals surface area contributed by atoms with Crippen LogP contribution in [-0.2, 0) is 6.54 Å². The number of benzene rings is 1. The maximum Gasteiger partial charge on any atom is 0.0758 e. The molecule has 0 spiro atoms. The van der Waals surface area contributed by atoms with Crippen LogP contribution in [0.2, 0.25) is 0 Å². The van der Waals surface area contributed by atoms with Crippen LogP contribution in [0.25, 0.3) is 10.9 Å². The number of rotatable bonds is 3. The number of hydrogen-bond donors (Lipinski definition) is 1. The van der Waals surface area contributed by atoms with Gasteiger partial charge in [-0.25, -0.2) is 0 Å². The molecule has 2 unspecified atom stereocenters. The third-order valence-corrected chi connectivity index (χ3v) is 4.77. The van der Waals surface area contributed by atoms with E-state index in [4.69, 9.17) is 0 Å². The molecule has 2 aromatic rings. The van der Waals surface area contributed by atoms with Crippen molar-refractivity contribution in [2.24, 2.45) is 5.92 Å². The molecule has 0 saturated heterocycles. The van der Waals surface area contributed by atoms with Crippen LogP contribution in [0, 0.1) is 5.92 Å². The second kappa shape index (κ2) is 5.59. The van der Waals surface area contributed by atoms with E-state index in [0.717, 1.165) is 22.5 Å². The average molecular weight is 319 g/mol. The van der Waals surface area contributed by atoms with E-state index in [1.165, 1.54) is 30.2 Å². The molecule has 100 valence electrons. The molecule has 3 heteroatoms. The third-order valence-electron chi connectivity index (χ3n) is 4.08. The molecule has 1 aromatic carbocycles. The van der Waals surface area contributed by atoms with Gasteiger partial charge in [-0.05, 0) is 42.9 Å². The lowest BCUT2D eigenvalue weighted by Gasteiger charge is -2.14. The molecule has 3 rings (SSSR count). The fourth-order valence-corrected chi connectivity index (χ4v) is 3.44. The van der Waals surface area contributed by atoms with E-state index >= 15 is 0 Å². The molecule has 1 heterocycles. The predicted molar refractivity (Wildman–Crippen MR) is 83.1 cm³/mol. The number of pyridine rings is 1. The number of nitrogens with zero attached hydrogens (tertiary/aromatic N) is 1. The molecule has 1 saturated carbocycles. The van der Waals surface area contributed by atoms with Crippen molar-refractivity contribution >= 4 is 26.8 Å². The Hall–Kier alpha value is -0.930. The topological polar surface area (TPSA) is 24.9 Å². The summed E-state index contributed by atoms with van der Waals surface area (Å²) >= 11 is 3.60. The molecule has 19 heavy (non-hydrogen) atoms. The van der Waals surface area contributed by atoms with E-state index < -0.39 is 0 Å². The number of nitrogens with one attached hydrogen (secondary N) is 1. The lowest BCUT2D eigenvalue weighted by molar-refractivity contribution is 0.503. The normalized spacial score (nSPS) is 23.1. The first-order valence-corrected chi connectivity index (χ1v) is 7.79. The highest BCUT2D eigenvalue weighted by molar-refractivity contribution is 9.10. The highest BCUT2D eigenvalue weighted by Crippen LogP contribution is 2.27. The molecule has 1 aromatic heterocycles. The molecular formula is C16H19BrN2. The second-order valence-electron chi connectivity index (χ2n) is 5.60. The minimum atomic E-state index is 0.678. The zero-order valence-corrected chi connectivity index (χ0v) is 12.8. The highest BCUT2D eigenvalue weighted by Gasteiger charge is 2.20. The first-order chi connectivity index (χ1) is 9.24. The summed E-state index contributed by atoms with van der Waals surface area (Å²) in [6.07, 6.45) is 5.85. The summed E-state index contributed by atoms with van der Waals surface area (Å²) < 4.78 is 1.12. The maximum atomic E-state index is 4.53. The molecule has 1 N–H and O–H groups in total. The summed E-state index contributed by atoms with van der Waals surface area (Å²) in [4.78, 5) is 4.53. The Labute approximate surface area is 122 Å². The van der Waals surface area contributed by atoms with Crippen molar-refractivity contribution in [3.63, 3.8) is 0 Å². The highest BCUT2D eigenvalue weighted by atomic mass is 79.9. The predicted octanol–water partition coefficient (Wildman–Crippen LogP) is 4.28. The SMILES string of the molecule is CC1CCC(NCc2ccc(Br)c3cccnc23)C1. The molecule has 1 aliphatic rings. The van der Waals surface area contributed by atoms with E-state index in [1.807, 2.05) is 12.3 Å². The number of aromatic nitrogens is 1. The van der Waals surface area contributed by atoms with Crippen LogP contribution in [0.4, 0.5) is 0 Å². The summed E-state index contributed by atoms with van der Waals surface area (Å²) in [6, 6.07) is 9.08. The van der Waals surface area contributed by atoms with E-state index in [-0.39, 0.29) is 0 Å². The zero-order valence-electron chi connectivity index (χ0n) is 11.2. The molecule has 1 aliphatic carbocycles. The number of fused-ring (bicyclic) bond motifs is 1. The lowest BCUT2D eigenvalue weighted by atomic mass is 10.1. The summed E-state index contributed by atoms with van der Waals surface area (Å²) in [7, 11) is 0. The van der Waals surface area contributed by atoms with Gasteiger partial charge in [0, 0.05) is 28.6 Å². The Balaban J connectivity index is 1.79. The smallest absolute Gasteiger partial charge is 0.0758 e. The summed E-state index contributed by atoms with van der Waals surface area (Å²) in [6.45, 7) is 3.26. The van der Waals surface area contributed by atoms with E-state index in [9.17, 15) is 0 Å². The van der Waals surface area contributed by atoms with Gasteiger partial charge in [0.15, 0.2) is 0 Å². The van der Waals surface area contributed by atoms with Gasteiger partial charge in [0.2, 0.25) is 0 Å². The van der Waals surface area contributed by atoms with Gasteiger partial charge < -0.3 is 5.32 Å². The summed E-state index contributed by atoms with van der Waals surface area (Å²) in [5.41, 5.74) is 2.40. The lowest BCUT2D eigenvalue weighted by Crippen LogP contribution is -2.25. The van der Waals surface area contributed by atoms with Crippen LogP contribution >= 0.6 is 15.9 Å². The third kappa shape index (κ3) is 2.82. The monoisotopic (exact) mass is 318 g/mol. The van der Waals surface area contributed by atoms with Gasteiger partial charge in [-0.2, -0.15) is 0 Å². The fourth-order valence-electron chi connectivity index (χ4n) is 2.99.